The van der Waals surface area contributed by atoms with Gasteiger partial charge in [-0.3, -0.25) is 14.8 Å². The van der Waals surface area contributed by atoms with Crippen LogP contribution in [0.1, 0.15) is 5.56 Å². The summed E-state index contributed by atoms with van der Waals surface area (Å²) in [5.41, 5.74) is 2.51. The van der Waals surface area contributed by atoms with Crippen molar-refractivity contribution >= 4 is 45.6 Å². The molecule has 1 aliphatic rings. The van der Waals surface area contributed by atoms with E-state index in [1.165, 1.54) is 6.07 Å². The molecule has 0 radical (unpaired) electrons. The van der Waals surface area contributed by atoms with Gasteiger partial charge in [0.15, 0.2) is 11.6 Å². The quantitative estimate of drug-likeness (QED) is 0.726. The van der Waals surface area contributed by atoms with Gasteiger partial charge in [-0.1, -0.05) is 6.07 Å². The maximum atomic E-state index is 13.4. The number of benzene rings is 2. The molecule has 5 nitrogen and oxygen atoms in total. The Hall–Kier alpha value is -3.13. The number of nitrogens with zero attached hydrogens (tertiary/aromatic N) is 3. The number of hydrogen-bond donors (Lipinski definition) is 1. The van der Waals surface area contributed by atoms with Gasteiger partial charge in [-0.05, 0) is 47.7 Å². The first-order valence-corrected chi connectivity index (χ1v) is 8.35. The lowest BCUT2D eigenvalue weighted by Crippen LogP contribution is -2.18. The van der Waals surface area contributed by atoms with Crippen LogP contribution < -0.4 is 5.32 Å². The third-order valence-electron chi connectivity index (χ3n) is 3.59. The van der Waals surface area contributed by atoms with Crippen LogP contribution in [0.4, 0.5) is 19.3 Å². The van der Waals surface area contributed by atoms with Gasteiger partial charge in [0.1, 0.15) is 5.84 Å². The number of nitrogens with one attached hydrogen (secondary N) is 1. The minimum atomic E-state index is -0.998. The third-order valence-corrected chi connectivity index (χ3v) is 4.41. The first kappa shape index (κ1) is 16.3. The van der Waals surface area contributed by atoms with Crippen molar-refractivity contribution in [2.75, 3.05) is 0 Å². The predicted octanol–water partition coefficient (Wildman–Crippen LogP) is 4.44. The van der Waals surface area contributed by atoms with E-state index in [2.05, 4.69) is 20.3 Å². The number of fused-ring (bicyclic) bond motifs is 1. The Balaban J connectivity index is 1.72. The van der Waals surface area contributed by atoms with Crippen molar-refractivity contribution in [3.05, 3.63) is 70.9 Å². The second kappa shape index (κ2) is 6.64. The molecule has 0 unspecified atom stereocenters. The second-order valence-corrected chi connectivity index (χ2v) is 6.40. The zero-order chi connectivity index (χ0) is 18.1. The summed E-state index contributed by atoms with van der Waals surface area (Å²) in [5, 5.41) is 2.31. The molecule has 2 heterocycles. The number of halogens is 2. The van der Waals surface area contributed by atoms with Gasteiger partial charge >= 0.3 is 0 Å². The fourth-order valence-electron chi connectivity index (χ4n) is 2.42. The molecule has 1 aliphatic heterocycles. The predicted molar refractivity (Wildman–Crippen MR) is 97.1 cm³/mol. The van der Waals surface area contributed by atoms with Crippen LogP contribution in [0, 0.1) is 11.6 Å². The first-order valence-electron chi connectivity index (χ1n) is 7.54. The Bertz CT molecular complexity index is 1100. The van der Waals surface area contributed by atoms with Crippen molar-refractivity contribution in [1.29, 1.82) is 0 Å². The molecule has 128 valence electrons. The van der Waals surface area contributed by atoms with E-state index in [0.29, 0.717) is 4.91 Å². The molecule has 1 N–H and O–H groups in total. The fourth-order valence-corrected chi connectivity index (χ4v) is 3.15. The smallest absolute Gasteiger partial charge is 0.289 e. The zero-order valence-corrected chi connectivity index (χ0v) is 13.9. The minimum Gasteiger partial charge on any atom is -0.300 e. The lowest BCUT2D eigenvalue weighted by Gasteiger charge is -2.02. The number of hydrogen-bond acceptors (Lipinski definition) is 5. The number of carbonyl (C=O) groups is 1. The van der Waals surface area contributed by atoms with Crippen molar-refractivity contribution in [2.45, 2.75) is 0 Å². The summed E-state index contributed by atoms with van der Waals surface area (Å²) in [6.45, 7) is 0. The van der Waals surface area contributed by atoms with Crippen LogP contribution in [0.5, 0.6) is 0 Å². The topological polar surface area (TPSA) is 67.2 Å². The van der Waals surface area contributed by atoms with Gasteiger partial charge in [0, 0.05) is 18.5 Å². The molecule has 4 rings (SSSR count). The van der Waals surface area contributed by atoms with E-state index in [4.69, 9.17) is 0 Å². The van der Waals surface area contributed by atoms with E-state index in [-0.39, 0.29) is 16.8 Å². The molecule has 0 aliphatic carbocycles. The third kappa shape index (κ3) is 3.31. The molecule has 0 bridgehead atoms. The number of rotatable bonds is 2. The summed E-state index contributed by atoms with van der Waals surface area (Å²) in [4.78, 5) is 25.0. The van der Waals surface area contributed by atoms with Gasteiger partial charge in [-0.25, -0.2) is 13.8 Å². The van der Waals surface area contributed by atoms with E-state index in [9.17, 15) is 13.6 Å². The van der Waals surface area contributed by atoms with Crippen LogP contribution in [-0.2, 0) is 0 Å². The fraction of sp³-hybridized carbons (Fsp3) is 0. The van der Waals surface area contributed by atoms with E-state index >= 15 is 0 Å². The van der Waals surface area contributed by atoms with Gasteiger partial charge in [0.05, 0.1) is 21.6 Å². The Morgan fingerprint density at radius 1 is 1.00 bits per heavy atom. The molecule has 1 saturated heterocycles. The van der Waals surface area contributed by atoms with Crippen molar-refractivity contribution < 1.29 is 13.6 Å². The van der Waals surface area contributed by atoms with Crippen LogP contribution in [0.25, 0.3) is 17.1 Å². The molecule has 1 fully saturated rings. The van der Waals surface area contributed by atoms with Gasteiger partial charge in [0.2, 0.25) is 0 Å². The summed E-state index contributed by atoms with van der Waals surface area (Å²) < 4.78 is 26.4. The molecule has 3 aromatic rings. The van der Waals surface area contributed by atoms with Crippen LogP contribution in [-0.4, -0.2) is 21.0 Å². The highest BCUT2D eigenvalue weighted by molar-refractivity contribution is 8.18. The summed E-state index contributed by atoms with van der Waals surface area (Å²) in [6, 6.07) is 8.82. The van der Waals surface area contributed by atoms with Crippen molar-refractivity contribution in [3.8, 4) is 0 Å². The average molecular weight is 368 g/mol. The molecule has 1 aromatic heterocycles. The largest absolute Gasteiger partial charge is 0.300 e. The van der Waals surface area contributed by atoms with Crippen LogP contribution in [0.3, 0.4) is 0 Å². The van der Waals surface area contributed by atoms with Crippen molar-refractivity contribution in [2.24, 2.45) is 4.99 Å². The summed E-state index contributed by atoms with van der Waals surface area (Å²) in [6.07, 6.45) is 4.99. The van der Waals surface area contributed by atoms with E-state index in [1.807, 2.05) is 18.2 Å². The van der Waals surface area contributed by atoms with Gasteiger partial charge < -0.3 is 5.32 Å². The maximum Gasteiger partial charge on any atom is 0.289 e. The van der Waals surface area contributed by atoms with E-state index < -0.39 is 11.6 Å². The molecular formula is C18H10F2N4OS. The molecule has 8 heteroatoms. The Morgan fingerprint density at radius 3 is 2.62 bits per heavy atom. The van der Waals surface area contributed by atoms with Gasteiger partial charge in [-0.2, -0.15) is 0 Å². The van der Waals surface area contributed by atoms with Crippen molar-refractivity contribution in [1.82, 2.24) is 15.3 Å². The Morgan fingerprint density at radius 2 is 1.81 bits per heavy atom. The SMILES string of the molecule is O=C1NC(=Nc2ccc(F)c(F)c2)C(=Cc2ccc3nccnc3c2)S1. The van der Waals surface area contributed by atoms with Gasteiger partial charge in [-0.15, -0.1) is 0 Å². The standard InChI is InChI=1S/C18H10F2N4OS/c19-12-3-2-11(9-13(12)20)23-17-16(26-18(25)24-17)8-10-1-4-14-15(7-10)22-6-5-21-14/h1-9H,(H,23,24,25). The number of amidine groups is 1. The number of thioether (sulfide) groups is 1. The second-order valence-electron chi connectivity index (χ2n) is 5.39. The molecule has 26 heavy (non-hydrogen) atoms. The highest BCUT2D eigenvalue weighted by atomic mass is 32.2. The van der Waals surface area contributed by atoms with E-state index in [1.54, 1.807) is 18.5 Å². The highest BCUT2D eigenvalue weighted by Crippen LogP contribution is 2.29. The summed E-state index contributed by atoms with van der Waals surface area (Å²) in [5.74, 6) is -1.67. The highest BCUT2D eigenvalue weighted by Gasteiger charge is 2.23. The molecule has 1 amide bonds. The van der Waals surface area contributed by atoms with Crippen molar-refractivity contribution in [3.63, 3.8) is 0 Å². The Kier molecular flexibility index (Phi) is 4.18. The lowest BCUT2D eigenvalue weighted by atomic mass is 10.1. The van der Waals surface area contributed by atoms with Crippen LogP contribution in [0.2, 0.25) is 0 Å². The Labute approximate surface area is 150 Å². The van der Waals surface area contributed by atoms with Gasteiger partial charge in [0.25, 0.3) is 5.24 Å². The number of carbonyl (C=O) groups excluding carboxylic acids is 1. The minimum absolute atomic E-state index is 0.206. The van der Waals surface area contributed by atoms with Crippen LogP contribution in [0.15, 0.2) is 58.7 Å². The molecule has 0 atom stereocenters. The molecule has 0 spiro atoms. The average Bonchev–Trinajstić information content (AvgIpc) is 2.97. The molecule has 2 aromatic carbocycles. The van der Waals surface area contributed by atoms with Crippen LogP contribution >= 0.6 is 11.8 Å². The lowest BCUT2D eigenvalue weighted by molar-refractivity contribution is 0.265. The molecule has 0 saturated carbocycles. The maximum absolute atomic E-state index is 13.4. The zero-order valence-electron chi connectivity index (χ0n) is 13.1. The summed E-state index contributed by atoms with van der Waals surface area (Å²) >= 11 is 0.977. The number of aromatic nitrogens is 2. The van der Waals surface area contributed by atoms with E-state index in [0.717, 1.165) is 40.5 Å². The number of amides is 1. The number of aliphatic imine (C=N–C) groups is 1. The summed E-state index contributed by atoms with van der Waals surface area (Å²) in [7, 11) is 0. The normalized spacial score (nSPS) is 17.2. The molecular weight excluding hydrogens is 358 g/mol. The first-order chi connectivity index (χ1) is 12.6. The monoisotopic (exact) mass is 368 g/mol.